The van der Waals surface area contributed by atoms with E-state index in [1.807, 2.05) is 36.7 Å². The SMILES string of the molecule is Cc1ccc(C(=O)Nc2ccccc2C(C)O)n1C. The van der Waals surface area contributed by atoms with Gasteiger partial charge in [0.25, 0.3) is 5.91 Å². The number of aliphatic hydroxyl groups excluding tert-OH is 1. The highest BCUT2D eigenvalue weighted by Gasteiger charge is 2.14. The number of anilines is 1. The molecule has 2 aromatic rings. The summed E-state index contributed by atoms with van der Waals surface area (Å²) >= 11 is 0. The van der Waals surface area contributed by atoms with Crippen LogP contribution in [0, 0.1) is 6.92 Å². The zero-order valence-corrected chi connectivity index (χ0v) is 11.3. The summed E-state index contributed by atoms with van der Waals surface area (Å²) in [5.41, 5.74) is 2.97. The predicted octanol–water partition coefficient (Wildman–Crippen LogP) is 2.64. The van der Waals surface area contributed by atoms with E-state index in [1.165, 1.54) is 0 Å². The molecule has 1 unspecified atom stereocenters. The number of rotatable bonds is 3. The maximum absolute atomic E-state index is 12.2. The van der Waals surface area contributed by atoms with Crippen molar-refractivity contribution < 1.29 is 9.90 Å². The van der Waals surface area contributed by atoms with E-state index in [0.29, 0.717) is 16.9 Å². The molecule has 0 aliphatic rings. The lowest BCUT2D eigenvalue weighted by Crippen LogP contribution is -2.17. The minimum absolute atomic E-state index is 0.177. The Balaban J connectivity index is 2.27. The number of aliphatic hydroxyl groups is 1. The van der Waals surface area contributed by atoms with Crippen molar-refractivity contribution >= 4 is 11.6 Å². The third kappa shape index (κ3) is 2.69. The molecular weight excluding hydrogens is 240 g/mol. The van der Waals surface area contributed by atoms with Crippen molar-refractivity contribution in [3.63, 3.8) is 0 Å². The van der Waals surface area contributed by atoms with E-state index >= 15 is 0 Å². The second-order valence-corrected chi connectivity index (χ2v) is 4.64. The number of hydrogen-bond donors (Lipinski definition) is 2. The Morgan fingerprint density at radius 2 is 1.95 bits per heavy atom. The van der Waals surface area contributed by atoms with Crippen LogP contribution in [0.1, 0.15) is 34.8 Å². The summed E-state index contributed by atoms with van der Waals surface area (Å²) in [6.45, 7) is 3.62. The predicted molar refractivity (Wildman–Crippen MR) is 75.2 cm³/mol. The van der Waals surface area contributed by atoms with Gasteiger partial charge in [-0.05, 0) is 32.0 Å². The fourth-order valence-corrected chi connectivity index (χ4v) is 2.00. The first-order valence-corrected chi connectivity index (χ1v) is 6.21. The Kier molecular flexibility index (Phi) is 3.71. The molecule has 4 nitrogen and oxygen atoms in total. The molecule has 0 aliphatic heterocycles. The summed E-state index contributed by atoms with van der Waals surface area (Å²) in [4.78, 5) is 12.2. The topological polar surface area (TPSA) is 54.3 Å². The lowest BCUT2D eigenvalue weighted by Gasteiger charge is -2.13. The van der Waals surface area contributed by atoms with Crippen LogP contribution in [0.4, 0.5) is 5.69 Å². The van der Waals surface area contributed by atoms with Crippen LogP contribution in [0.25, 0.3) is 0 Å². The smallest absolute Gasteiger partial charge is 0.272 e. The number of carbonyl (C=O) groups excluding carboxylic acids is 1. The molecule has 2 N–H and O–H groups in total. The normalized spacial score (nSPS) is 12.2. The molecule has 0 aliphatic carbocycles. The lowest BCUT2D eigenvalue weighted by molar-refractivity contribution is 0.101. The van der Waals surface area contributed by atoms with E-state index in [2.05, 4.69) is 5.32 Å². The highest BCUT2D eigenvalue weighted by molar-refractivity contribution is 6.03. The van der Waals surface area contributed by atoms with E-state index in [1.54, 1.807) is 25.1 Å². The molecule has 0 spiro atoms. The molecular formula is C15H18N2O2. The minimum Gasteiger partial charge on any atom is -0.389 e. The van der Waals surface area contributed by atoms with Gasteiger partial charge in [-0.15, -0.1) is 0 Å². The van der Waals surface area contributed by atoms with E-state index in [4.69, 9.17) is 0 Å². The van der Waals surface area contributed by atoms with Gasteiger partial charge in [-0.2, -0.15) is 0 Å². The highest BCUT2D eigenvalue weighted by Crippen LogP contribution is 2.22. The Morgan fingerprint density at radius 3 is 2.53 bits per heavy atom. The first-order valence-electron chi connectivity index (χ1n) is 6.21. The first kappa shape index (κ1) is 13.4. The summed E-state index contributed by atoms with van der Waals surface area (Å²) in [5.74, 6) is -0.177. The Bertz CT molecular complexity index is 600. The molecule has 0 saturated carbocycles. The van der Waals surface area contributed by atoms with Crippen LogP contribution in [0.5, 0.6) is 0 Å². The first-order chi connectivity index (χ1) is 9.00. The number of amides is 1. The van der Waals surface area contributed by atoms with Crippen molar-refractivity contribution in [2.75, 3.05) is 5.32 Å². The molecule has 19 heavy (non-hydrogen) atoms. The number of nitrogens with one attached hydrogen (secondary N) is 1. The number of aryl methyl sites for hydroxylation is 1. The van der Waals surface area contributed by atoms with E-state index in [0.717, 1.165) is 5.69 Å². The standard InChI is InChI=1S/C15H18N2O2/c1-10-8-9-14(17(10)3)15(19)16-13-7-5-4-6-12(13)11(2)18/h4-9,11,18H,1-3H3,(H,16,19). The summed E-state index contributed by atoms with van der Waals surface area (Å²) < 4.78 is 1.83. The molecule has 1 heterocycles. The number of para-hydroxylation sites is 1. The molecule has 1 aromatic carbocycles. The van der Waals surface area contributed by atoms with Crippen LogP contribution in [0.15, 0.2) is 36.4 Å². The van der Waals surface area contributed by atoms with Crippen molar-refractivity contribution in [2.24, 2.45) is 7.05 Å². The number of hydrogen-bond acceptors (Lipinski definition) is 2. The number of benzene rings is 1. The monoisotopic (exact) mass is 258 g/mol. The van der Waals surface area contributed by atoms with Gasteiger partial charge in [0.2, 0.25) is 0 Å². The molecule has 1 aromatic heterocycles. The van der Waals surface area contributed by atoms with Gasteiger partial charge >= 0.3 is 0 Å². The third-order valence-electron chi connectivity index (χ3n) is 3.26. The van der Waals surface area contributed by atoms with Crippen molar-refractivity contribution in [2.45, 2.75) is 20.0 Å². The van der Waals surface area contributed by atoms with Gasteiger partial charge < -0.3 is 15.0 Å². The molecule has 1 amide bonds. The van der Waals surface area contributed by atoms with Gasteiger partial charge in [0.05, 0.1) is 6.10 Å². The molecule has 0 bridgehead atoms. The lowest BCUT2D eigenvalue weighted by atomic mass is 10.1. The molecule has 100 valence electrons. The summed E-state index contributed by atoms with van der Waals surface area (Å²) in [6, 6.07) is 10.9. The molecule has 1 atom stereocenters. The number of carbonyl (C=O) groups is 1. The largest absolute Gasteiger partial charge is 0.389 e. The van der Waals surface area contributed by atoms with Crippen LogP contribution in [0.3, 0.4) is 0 Å². The summed E-state index contributed by atoms with van der Waals surface area (Å²) in [5, 5.41) is 12.5. The Morgan fingerprint density at radius 1 is 1.26 bits per heavy atom. The van der Waals surface area contributed by atoms with Gasteiger partial charge in [-0.3, -0.25) is 4.79 Å². The number of nitrogens with zero attached hydrogens (tertiary/aromatic N) is 1. The molecule has 2 rings (SSSR count). The fourth-order valence-electron chi connectivity index (χ4n) is 2.00. The van der Waals surface area contributed by atoms with Gasteiger partial charge in [-0.25, -0.2) is 0 Å². The average Bonchev–Trinajstić information content (AvgIpc) is 2.70. The van der Waals surface area contributed by atoms with Crippen LogP contribution in [-0.4, -0.2) is 15.6 Å². The maximum atomic E-state index is 12.2. The van der Waals surface area contributed by atoms with Gasteiger partial charge in [0, 0.05) is 24.0 Å². The molecule has 0 fully saturated rings. The van der Waals surface area contributed by atoms with Crippen LogP contribution in [0.2, 0.25) is 0 Å². The van der Waals surface area contributed by atoms with Gasteiger partial charge in [-0.1, -0.05) is 18.2 Å². The molecule has 0 saturated heterocycles. The van der Waals surface area contributed by atoms with Crippen LogP contribution >= 0.6 is 0 Å². The van der Waals surface area contributed by atoms with Crippen LogP contribution in [-0.2, 0) is 7.05 Å². The van der Waals surface area contributed by atoms with Gasteiger partial charge in [0.15, 0.2) is 0 Å². The van der Waals surface area contributed by atoms with Gasteiger partial charge in [0.1, 0.15) is 5.69 Å². The summed E-state index contributed by atoms with van der Waals surface area (Å²) in [6.07, 6.45) is -0.619. The Labute approximate surface area is 112 Å². The second kappa shape index (κ2) is 5.28. The second-order valence-electron chi connectivity index (χ2n) is 4.64. The van der Waals surface area contributed by atoms with Crippen molar-refractivity contribution in [3.05, 3.63) is 53.3 Å². The average molecular weight is 258 g/mol. The minimum atomic E-state index is -0.619. The quantitative estimate of drug-likeness (QED) is 0.889. The Hall–Kier alpha value is -2.07. The third-order valence-corrected chi connectivity index (χ3v) is 3.26. The van der Waals surface area contributed by atoms with Crippen LogP contribution < -0.4 is 5.32 Å². The molecule has 0 radical (unpaired) electrons. The van der Waals surface area contributed by atoms with Crippen molar-refractivity contribution in [1.29, 1.82) is 0 Å². The fraction of sp³-hybridized carbons (Fsp3) is 0.267. The van der Waals surface area contributed by atoms with E-state index < -0.39 is 6.10 Å². The summed E-state index contributed by atoms with van der Waals surface area (Å²) in [7, 11) is 1.85. The van der Waals surface area contributed by atoms with E-state index in [-0.39, 0.29) is 5.91 Å². The van der Waals surface area contributed by atoms with E-state index in [9.17, 15) is 9.90 Å². The van der Waals surface area contributed by atoms with Crippen molar-refractivity contribution in [1.82, 2.24) is 4.57 Å². The maximum Gasteiger partial charge on any atom is 0.272 e. The van der Waals surface area contributed by atoms with Crippen molar-refractivity contribution in [3.8, 4) is 0 Å². The highest BCUT2D eigenvalue weighted by atomic mass is 16.3. The zero-order chi connectivity index (χ0) is 14.0. The zero-order valence-electron chi connectivity index (χ0n) is 11.3. The molecule has 4 heteroatoms. The number of aromatic nitrogens is 1.